The number of fused-ring (bicyclic) bond motifs is 3. The number of hydrogen-bond donors (Lipinski definition) is 4. The van der Waals surface area contributed by atoms with E-state index in [-0.39, 0.29) is 29.8 Å². The number of aryl methyl sites for hydroxylation is 1. The number of nitrogens with zero attached hydrogens (tertiary/aromatic N) is 8. The number of β-amino-alcohol motifs (C(OH)–C–C–N with tert-alkyl or cyclic N) is 1. The number of aliphatic hydroxyl groups excluding tert-OH is 1. The summed E-state index contributed by atoms with van der Waals surface area (Å²) in [6.07, 6.45) is 5.67. The van der Waals surface area contributed by atoms with Gasteiger partial charge in [0.05, 0.1) is 45.7 Å². The number of aliphatic hydroxyl groups is 1. The van der Waals surface area contributed by atoms with Gasteiger partial charge < -0.3 is 39.9 Å². The van der Waals surface area contributed by atoms with Gasteiger partial charge in [0.15, 0.2) is 5.82 Å². The predicted octanol–water partition coefficient (Wildman–Crippen LogP) is 6.24. The van der Waals surface area contributed by atoms with Crippen LogP contribution >= 0.6 is 11.3 Å². The predicted molar refractivity (Wildman–Crippen MR) is 253 cm³/mol. The molecule has 17 heteroatoms. The number of thiazole rings is 1. The summed E-state index contributed by atoms with van der Waals surface area (Å²) in [4.78, 5) is 36.6. The molecule has 0 aliphatic carbocycles. The summed E-state index contributed by atoms with van der Waals surface area (Å²) in [7, 11) is 0. The minimum absolute atomic E-state index is 0.0455. The molecule has 16 nitrogen and oxygen atoms in total. The van der Waals surface area contributed by atoms with Crippen LogP contribution in [0.5, 0.6) is 11.6 Å². The van der Waals surface area contributed by atoms with Crippen LogP contribution in [-0.4, -0.2) is 141 Å². The highest BCUT2D eigenvalue weighted by atomic mass is 32.1. The van der Waals surface area contributed by atoms with Gasteiger partial charge in [0, 0.05) is 69.4 Å². The van der Waals surface area contributed by atoms with Gasteiger partial charge in [0.25, 0.3) is 5.88 Å². The van der Waals surface area contributed by atoms with E-state index in [0.29, 0.717) is 54.7 Å². The Morgan fingerprint density at radius 3 is 2.46 bits per heavy atom. The first kappa shape index (κ1) is 47.3. The summed E-state index contributed by atoms with van der Waals surface area (Å²) in [6.45, 7) is 18.3. The summed E-state index contributed by atoms with van der Waals surface area (Å²) in [6, 6.07) is 20.6. The molecule has 0 radical (unpaired) electrons. The molecule has 348 valence electrons. The van der Waals surface area contributed by atoms with Gasteiger partial charge in [-0.2, -0.15) is 0 Å². The third-order valence-electron chi connectivity index (χ3n) is 12.6. The van der Waals surface area contributed by atoms with Crippen LogP contribution in [0.3, 0.4) is 0 Å². The molecule has 5 aromatic rings. The van der Waals surface area contributed by atoms with Crippen LogP contribution < -0.4 is 20.3 Å². The Hall–Kier alpha value is -5.62. The van der Waals surface area contributed by atoms with Crippen molar-refractivity contribution >= 4 is 35.2 Å². The first-order chi connectivity index (χ1) is 31.5. The lowest BCUT2D eigenvalue weighted by Crippen LogP contribution is -2.63. The highest BCUT2D eigenvalue weighted by Gasteiger charge is 2.39. The topological polar surface area (TPSA) is 186 Å². The summed E-state index contributed by atoms with van der Waals surface area (Å²) in [5, 5.41) is 38.5. The molecular weight excluding hydrogens is 845 g/mol. The van der Waals surface area contributed by atoms with E-state index in [1.165, 1.54) is 29.5 Å². The van der Waals surface area contributed by atoms with E-state index in [2.05, 4.69) is 70.8 Å². The molecule has 4 atom stereocenters. The van der Waals surface area contributed by atoms with Crippen molar-refractivity contribution in [1.29, 1.82) is 0 Å². The second-order valence-corrected chi connectivity index (χ2v) is 18.6. The normalized spacial score (nSPS) is 20.3. The molecule has 2 unspecified atom stereocenters. The fourth-order valence-electron chi connectivity index (χ4n) is 8.94. The lowest BCUT2D eigenvalue weighted by Gasteiger charge is -2.51. The first-order valence-electron chi connectivity index (χ1n) is 22.8. The molecule has 4 N–H and O–H groups in total. The third kappa shape index (κ3) is 12.4. The zero-order valence-corrected chi connectivity index (χ0v) is 39.0. The van der Waals surface area contributed by atoms with Crippen molar-refractivity contribution in [2.24, 2.45) is 5.92 Å². The zero-order chi connectivity index (χ0) is 45.9. The monoisotopic (exact) mass is 908 g/mol. The number of phenols is 1. The van der Waals surface area contributed by atoms with Crippen molar-refractivity contribution in [1.82, 2.24) is 40.4 Å². The maximum Gasteiger partial charge on any atom is 0.254 e. The van der Waals surface area contributed by atoms with Crippen LogP contribution in [-0.2, 0) is 9.59 Å². The number of para-hydroxylation sites is 1. The van der Waals surface area contributed by atoms with Gasteiger partial charge in [0.1, 0.15) is 18.6 Å². The maximum absolute atomic E-state index is 11.4. The van der Waals surface area contributed by atoms with E-state index >= 15 is 0 Å². The molecule has 7 heterocycles. The number of piperazine rings is 1. The number of benzene rings is 2. The van der Waals surface area contributed by atoms with Gasteiger partial charge >= 0.3 is 0 Å². The molecule has 4 aliphatic rings. The molecule has 9 rings (SSSR count). The number of aromatic hydroxyl groups is 1. The lowest BCUT2D eigenvalue weighted by atomic mass is 9.96. The standard InChI is InChI=1S/C26H33N7O3.C13H14N2OS.C9H17NO2/c1-18-23-17-32(19-6-9-31(10-7-19)13-15-35-25-8-14-36-30-25)11-12-33(23)22-16-21(28-29-26(22)27-18)20-4-2-3-5-24(20)34;1-9(14-7-16)11-3-5-12(6-4-11)13-10(2)15-8-17-13;1-7(2)5-9(12)10-4-3-8(11)6-10/h2-5,8,14,16,18-19,23,34H,6-7,9-13,15,17H2,1H3,(H,27,29);3-9H,1-2H3,(H,14,16);7-8,11H,3-6H2,1-2H3/t18-,23?;9-;/m00./s1. The molecule has 0 bridgehead atoms. The molecule has 4 aliphatic heterocycles. The maximum atomic E-state index is 11.4. The minimum atomic E-state index is -0.291. The Kier molecular flexibility index (Phi) is 16.4. The Morgan fingerprint density at radius 2 is 1.80 bits per heavy atom. The van der Waals surface area contributed by atoms with Crippen LogP contribution in [0, 0.1) is 12.8 Å². The van der Waals surface area contributed by atoms with Crippen molar-refractivity contribution in [2.75, 3.05) is 69.2 Å². The van der Waals surface area contributed by atoms with E-state index in [1.54, 1.807) is 28.4 Å². The number of amides is 2. The largest absolute Gasteiger partial charge is 0.507 e. The van der Waals surface area contributed by atoms with Gasteiger partial charge in [-0.3, -0.25) is 19.4 Å². The van der Waals surface area contributed by atoms with Gasteiger partial charge in [-0.15, -0.1) is 21.5 Å². The minimum Gasteiger partial charge on any atom is -0.507 e. The number of nitrogens with one attached hydrogen (secondary N) is 2. The van der Waals surface area contributed by atoms with Gasteiger partial charge in [-0.1, -0.05) is 50.2 Å². The number of hydrogen-bond acceptors (Lipinski definition) is 15. The number of carbonyl (C=O) groups is 2. The zero-order valence-electron chi connectivity index (χ0n) is 38.2. The lowest BCUT2D eigenvalue weighted by molar-refractivity contribution is -0.131. The van der Waals surface area contributed by atoms with Crippen LogP contribution in [0.15, 0.2) is 77.0 Å². The van der Waals surface area contributed by atoms with Gasteiger partial charge in [-0.25, -0.2) is 4.98 Å². The average molecular weight is 909 g/mol. The van der Waals surface area contributed by atoms with Gasteiger partial charge in [0.2, 0.25) is 12.3 Å². The van der Waals surface area contributed by atoms with Crippen molar-refractivity contribution in [3.05, 3.63) is 83.7 Å². The van der Waals surface area contributed by atoms with E-state index < -0.39 is 0 Å². The van der Waals surface area contributed by atoms with Crippen LogP contribution in [0.25, 0.3) is 21.7 Å². The average Bonchev–Trinajstić information content (AvgIpc) is 4.10. The van der Waals surface area contributed by atoms with E-state index in [1.807, 2.05) is 63.5 Å². The second-order valence-electron chi connectivity index (χ2n) is 17.7. The molecule has 3 aromatic heterocycles. The molecule has 0 saturated carbocycles. The second kappa shape index (κ2) is 22.5. The van der Waals surface area contributed by atoms with Crippen LogP contribution in [0.1, 0.15) is 70.7 Å². The SMILES string of the molecule is CC(C)CC(=O)N1CCC(O)C1.C[C@@H]1Nc2nnc(-c3ccccc3O)cc2N2CCN(C3CCN(CCOc4ccon4)CC3)CC12.Cc1ncsc1-c1ccc([C@H](C)NC=O)cc1. The number of rotatable bonds is 12. The molecular formula is C48H64N10O6S. The van der Waals surface area contributed by atoms with Gasteiger partial charge in [-0.05, 0) is 93.5 Å². The highest BCUT2D eigenvalue weighted by molar-refractivity contribution is 7.13. The number of piperidine rings is 1. The van der Waals surface area contributed by atoms with Crippen molar-refractivity contribution in [2.45, 2.75) is 90.6 Å². The molecule has 2 aromatic carbocycles. The van der Waals surface area contributed by atoms with E-state index in [9.17, 15) is 19.8 Å². The van der Waals surface area contributed by atoms with Crippen LogP contribution in [0.4, 0.5) is 11.5 Å². The number of carbonyl (C=O) groups excluding carboxylic acids is 2. The van der Waals surface area contributed by atoms with Crippen LogP contribution in [0.2, 0.25) is 0 Å². The summed E-state index contributed by atoms with van der Waals surface area (Å²) in [5.74, 6) is 2.20. The molecule has 2 amide bonds. The van der Waals surface area contributed by atoms with E-state index in [4.69, 9.17) is 9.26 Å². The Bertz CT molecular complexity index is 2270. The Morgan fingerprint density at radius 1 is 1.02 bits per heavy atom. The van der Waals surface area contributed by atoms with Crippen molar-refractivity contribution < 1.29 is 29.1 Å². The van der Waals surface area contributed by atoms with E-state index in [0.717, 1.165) is 81.4 Å². The van der Waals surface area contributed by atoms with Crippen molar-refractivity contribution in [3.63, 3.8) is 0 Å². The number of phenolic OH excluding ortho intramolecular Hbond substituents is 1. The third-order valence-corrected chi connectivity index (χ3v) is 13.6. The Balaban J connectivity index is 0.000000179. The molecule has 65 heavy (non-hydrogen) atoms. The fraction of sp³-hybridized carbons (Fsp3) is 0.500. The number of ether oxygens (including phenoxy) is 1. The smallest absolute Gasteiger partial charge is 0.254 e. The molecule has 3 fully saturated rings. The molecule has 0 spiro atoms. The fourth-order valence-corrected chi connectivity index (χ4v) is 9.75. The summed E-state index contributed by atoms with van der Waals surface area (Å²) in [5.41, 5.74) is 7.67. The Labute approximate surface area is 386 Å². The molecule has 3 saturated heterocycles. The van der Waals surface area contributed by atoms with Crippen molar-refractivity contribution in [3.8, 4) is 33.3 Å². The number of aromatic nitrogens is 4. The summed E-state index contributed by atoms with van der Waals surface area (Å²) >= 11 is 1.64. The quantitative estimate of drug-likeness (QED) is 0.103. The first-order valence-corrected chi connectivity index (χ1v) is 23.7. The number of anilines is 2. The number of likely N-dealkylation sites (tertiary alicyclic amines) is 2. The highest BCUT2D eigenvalue weighted by Crippen LogP contribution is 2.38. The summed E-state index contributed by atoms with van der Waals surface area (Å²) < 4.78 is 10.5.